The van der Waals surface area contributed by atoms with Crippen molar-refractivity contribution >= 4 is 9.84 Å². The summed E-state index contributed by atoms with van der Waals surface area (Å²) in [5.74, 6) is -0.502. The van der Waals surface area contributed by atoms with Crippen molar-refractivity contribution in [1.82, 2.24) is 0 Å². The summed E-state index contributed by atoms with van der Waals surface area (Å²) in [6, 6.07) is 9.77. The van der Waals surface area contributed by atoms with E-state index in [0.29, 0.717) is 0 Å². The van der Waals surface area contributed by atoms with Crippen molar-refractivity contribution in [2.24, 2.45) is 0 Å². The van der Waals surface area contributed by atoms with E-state index in [1.165, 1.54) is 48.5 Å². The molecule has 0 fully saturated rings. The Morgan fingerprint density at radius 2 is 0.941 bits per heavy atom. The molecule has 0 unspecified atom stereocenters. The molecule has 0 aliphatic carbocycles. The molecule has 0 amide bonds. The minimum absolute atomic E-state index is 0.0377. The number of rotatable bonds is 2. The molecule has 0 saturated carbocycles. The normalized spacial score (nSPS) is 11.3. The highest BCUT2D eigenvalue weighted by Gasteiger charge is 2.16. The van der Waals surface area contributed by atoms with Crippen molar-refractivity contribution in [2.75, 3.05) is 0 Å². The topological polar surface area (TPSA) is 80.3 Å². The fourth-order valence-corrected chi connectivity index (χ4v) is 2.63. The van der Waals surface area contributed by atoms with E-state index in [0.717, 1.165) is 0 Å². The molecule has 2 aromatic rings. The molecule has 0 N–H and O–H groups in total. The predicted molar refractivity (Wildman–Crippen MR) is 57.2 cm³/mol. The second-order valence-corrected chi connectivity index (χ2v) is 5.40. The maximum absolute atomic E-state index is 12.1. The first-order valence-corrected chi connectivity index (χ1v) is 6.28. The van der Waals surface area contributed by atoms with Crippen LogP contribution in [0, 0.1) is 0 Å². The van der Waals surface area contributed by atoms with Gasteiger partial charge in [-0.15, -0.1) is 11.5 Å². The van der Waals surface area contributed by atoms with Gasteiger partial charge in [-0.3, -0.25) is 0 Å². The Kier molecular flexibility index (Phi) is 2.77. The third kappa shape index (κ3) is 2.24. The molecule has 0 saturated heterocycles. The van der Waals surface area contributed by atoms with Gasteiger partial charge in [0.15, 0.2) is 0 Å². The van der Waals surface area contributed by atoms with E-state index in [1.54, 1.807) is 0 Å². The summed E-state index contributed by atoms with van der Waals surface area (Å²) >= 11 is 0. The van der Waals surface area contributed by atoms with E-state index in [4.69, 9.17) is 0 Å². The van der Waals surface area contributed by atoms with Crippen LogP contribution in [0.5, 0.6) is 11.5 Å². The van der Waals surface area contributed by atoms with Gasteiger partial charge in [0, 0.05) is 0 Å². The fraction of sp³-hybridized carbons (Fsp3) is 0. The average Bonchev–Trinajstić information content (AvgIpc) is 2.30. The first-order valence-electron chi connectivity index (χ1n) is 4.79. The second kappa shape index (κ2) is 4.10. The Bertz CT molecular complexity index is 561. The lowest BCUT2D eigenvalue weighted by atomic mass is 10.3. The minimum atomic E-state index is -3.65. The monoisotopic (exact) mass is 248 g/mol. The van der Waals surface area contributed by atoms with Gasteiger partial charge in [-0.2, -0.15) is 0 Å². The molecule has 88 valence electrons. The number of hydrogen-bond donors (Lipinski definition) is 0. The Morgan fingerprint density at radius 1 is 0.647 bits per heavy atom. The summed E-state index contributed by atoms with van der Waals surface area (Å²) in [4.78, 5) is 0.0755. The van der Waals surface area contributed by atoms with Gasteiger partial charge in [-0.1, -0.05) is 24.3 Å². The van der Waals surface area contributed by atoms with E-state index >= 15 is 0 Å². The molecule has 0 atom stereocenters. The molecule has 2 rings (SSSR count). The fourth-order valence-electron chi connectivity index (χ4n) is 1.37. The van der Waals surface area contributed by atoms with Crippen LogP contribution in [0.1, 0.15) is 0 Å². The van der Waals surface area contributed by atoms with Crippen LogP contribution in [0.25, 0.3) is 0 Å². The van der Waals surface area contributed by atoms with Gasteiger partial charge in [-0.25, -0.2) is 8.42 Å². The summed E-state index contributed by atoms with van der Waals surface area (Å²) in [6.07, 6.45) is 0. The molecule has 0 heterocycles. The molecule has 0 radical (unpaired) electrons. The van der Waals surface area contributed by atoms with E-state index in [-0.39, 0.29) is 21.3 Å². The molecule has 2 aromatic carbocycles. The van der Waals surface area contributed by atoms with Crippen molar-refractivity contribution < 1.29 is 18.6 Å². The van der Waals surface area contributed by atoms with Crippen LogP contribution < -0.4 is 10.2 Å². The number of sulfone groups is 1. The molecule has 0 aromatic heterocycles. The van der Waals surface area contributed by atoms with E-state index in [2.05, 4.69) is 0 Å². The van der Waals surface area contributed by atoms with Crippen molar-refractivity contribution in [2.45, 2.75) is 9.79 Å². The summed E-state index contributed by atoms with van der Waals surface area (Å²) in [7, 11) is -3.65. The zero-order chi connectivity index (χ0) is 12.5. The molecular weight excluding hydrogens is 240 g/mol. The molecule has 0 aliphatic rings. The Hall–Kier alpha value is -2.01. The van der Waals surface area contributed by atoms with Gasteiger partial charge in [0.2, 0.25) is 9.84 Å². The quantitative estimate of drug-likeness (QED) is 0.782. The molecule has 4 nitrogen and oxygen atoms in total. The third-order valence-electron chi connectivity index (χ3n) is 2.27. The predicted octanol–water partition coefficient (Wildman–Crippen LogP) is 0.667. The summed E-state index contributed by atoms with van der Waals surface area (Å²) in [5, 5.41) is 21.8. The smallest absolute Gasteiger partial charge is 0.206 e. The Morgan fingerprint density at radius 3 is 1.24 bits per heavy atom. The molecule has 17 heavy (non-hydrogen) atoms. The van der Waals surface area contributed by atoms with Crippen molar-refractivity contribution in [1.29, 1.82) is 0 Å². The largest absolute Gasteiger partial charge is 0.872 e. The maximum Gasteiger partial charge on any atom is 0.206 e. The number of hydrogen-bond acceptors (Lipinski definition) is 4. The highest BCUT2D eigenvalue weighted by Crippen LogP contribution is 2.22. The third-order valence-corrected chi connectivity index (χ3v) is 4.05. The van der Waals surface area contributed by atoms with Crippen LogP contribution in [-0.2, 0) is 9.84 Å². The summed E-state index contributed by atoms with van der Waals surface area (Å²) < 4.78 is 24.1. The lowest BCUT2D eigenvalue weighted by Crippen LogP contribution is -2.02. The van der Waals surface area contributed by atoms with Gasteiger partial charge < -0.3 is 10.2 Å². The highest BCUT2D eigenvalue weighted by molar-refractivity contribution is 7.91. The van der Waals surface area contributed by atoms with Crippen LogP contribution >= 0.6 is 0 Å². The number of benzene rings is 2. The van der Waals surface area contributed by atoms with E-state index < -0.39 is 9.84 Å². The van der Waals surface area contributed by atoms with Crippen molar-refractivity contribution in [3.05, 3.63) is 48.5 Å². The van der Waals surface area contributed by atoms with Gasteiger partial charge in [0.1, 0.15) is 0 Å². The summed E-state index contributed by atoms with van der Waals surface area (Å²) in [5.41, 5.74) is 0. The van der Waals surface area contributed by atoms with E-state index in [9.17, 15) is 18.6 Å². The Labute approximate surface area is 98.7 Å². The lowest BCUT2D eigenvalue weighted by molar-refractivity contribution is -0.269. The molecule has 0 spiro atoms. The first kappa shape index (κ1) is 11.5. The van der Waals surface area contributed by atoms with Crippen LogP contribution in [0.4, 0.5) is 0 Å². The first-order chi connectivity index (χ1) is 8.00. The molecule has 0 bridgehead atoms. The molecule has 5 heteroatoms. The van der Waals surface area contributed by atoms with Crippen LogP contribution in [0.2, 0.25) is 0 Å². The average molecular weight is 248 g/mol. The lowest BCUT2D eigenvalue weighted by Gasteiger charge is -2.09. The van der Waals surface area contributed by atoms with Crippen molar-refractivity contribution in [3.63, 3.8) is 0 Å². The zero-order valence-electron chi connectivity index (χ0n) is 8.66. The van der Waals surface area contributed by atoms with Crippen LogP contribution in [0.15, 0.2) is 58.3 Å². The van der Waals surface area contributed by atoms with Crippen LogP contribution in [0.3, 0.4) is 0 Å². The minimum Gasteiger partial charge on any atom is -0.872 e. The van der Waals surface area contributed by atoms with Crippen LogP contribution in [-0.4, -0.2) is 8.42 Å². The standard InChI is InChI=1S/C12H10O4S/c13-9-1-5-11(6-2-9)17(15,16)12-7-3-10(14)4-8-12/h1-8,13-14H/p-2. The van der Waals surface area contributed by atoms with Gasteiger partial charge >= 0.3 is 0 Å². The summed E-state index contributed by atoms with van der Waals surface area (Å²) in [6.45, 7) is 0. The Balaban J connectivity index is 2.50. The SMILES string of the molecule is O=S(=O)(c1ccc([O-])cc1)c1ccc([O-])cc1. The van der Waals surface area contributed by atoms with Gasteiger partial charge in [0.05, 0.1) is 9.79 Å². The maximum atomic E-state index is 12.1. The van der Waals surface area contributed by atoms with Gasteiger partial charge in [0.25, 0.3) is 0 Å². The van der Waals surface area contributed by atoms with Gasteiger partial charge in [-0.05, 0) is 24.3 Å². The van der Waals surface area contributed by atoms with Crippen molar-refractivity contribution in [3.8, 4) is 11.5 Å². The molecular formula is C12H8O4S-2. The van der Waals surface area contributed by atoms with E-state index in [1.807, 2.05) is 0 Å². The second-order valence-electron chi connectivity index (χ2n) is 3.45. The highest BCUT2D eigenvalue weighted by atomic mass is 32.2. The zero-order valence-corrected chi connectivity index (χ0v) is 9.48. The molecule has 0 aliphatic heterocycles.